The lowest BCUT2D eigenvalue weighted by Crippen LogP contribution is -2.06. The van der Waals surface area contributed by atoms with Crippen LogP contribution < -0.4 is 0 Å². The van der Waals surface area contributed by atoms with Gasteiger partial charge in [0, 0.05) is 12.8 Å². The molecule has 2 atom stereocenters. The molecule has 1 fully saturated rings. The third-order valence-corrected chi connectivity index (χ3v) is 2.78. The zero-order valence-corrected chi connectivity index (χ0v) is 8.03. The maximum absolute atomic E-state index is 10.7. The van der Waals surface area contributed by atoms with Crippen molar-refractivity contribution in [2.75, 3.05) is 6.61 Å². The van der Waals surface area contributed by atoms with Crippen LogP contribution in [-0.4, -0.2) is 23.7 Å². The highest BCUT2D eigenvalue weighted by molar-refractivity contribution is 5.75. The minimum absolute atomic E-state index is 0.0334. The molecule has 74 valence electrons. The molecule has 13 heavy (non-hydrogen) atoms. The highest BCUT2D eigenvalue weighted by atomic mass is 16.5. The first-order valence-corrected chi connectivity index (χ1v) is 4.23. The molecular formula is C9H14O4. The number of hydrogen-bond donors (Lipinski definition) is 1. The van der Waals surface area contributed by atoms with E-state index in [1.54, 1.807) is 0 Å². The lowest BCUT2D eigenvalue weighted by molar-refractivity contribution is -0.143. The Morgan fingerprint density at radius 2 is 2.00 bits per heavy atom. The fourth-order valence-corrected chi connectivity index (χ4v) is 1.75. The zero-order valence-electron chi connectivity index (χ0n) is 8.03. The van der Waals surface area contributed by atoms with Crippen LogP contribution in [-0.2, 0) is 14.3 Å². The number of ether oxygens (including phenoxy) is 1. The van der Waals surface area contributed by atoms with Gasteiger partial charge in [0.25, 0.3) is 0 Å². The molecule has 1 saturated carbocycles. The molecule has 0 saturated heterocycles. The van der Waals surface area contributed by atoms with Crippen LogP contribution in [0.2, 0.25) is 0 Å². The van der Waals surface area contributed by atoms with Crippen LogP contribution in [0.5, 0.6) is 0 Å². The van der Waals surface area contributed by atoms with E-state index in [2.05, 4.69) is 0 Å². The molecule has 0 heterocycles. The molecule has 0 bridgehead atoms. The van der Waals surface area contributed by atoms with E-state index < -0.39 is 5.97 Å². The second-order valence-electron chi connectivity index (χ2n) is 4.05. The third-order valence-electron chi connectivity index (χ3n) is 2.78. The number of carbonyl (C=O) groups is 2. The van der Waals surface area contributed by atoms with Crippen LogP contribution in [0.3, 0.4) is 0 Å². The molecule has 0 radical (unpaired) electrons. The summed E-state index contributed by atoms with van der Waals surface area (Å²) in [4.78, 5) is 21.2. The van der Waals surface area contributed by atoms with Crippen LogP contribution in [0, 0.1) is 17.3 Å². The van der Waals surface area contributed by atoms with Gasteiger partial charge in [0.15, 0.2) is 0 Å². The first-order chi connectivity index (χ1) is 5.87. The van der Waals surface area contributed by atoms with Gasteiger partial charge in [-0.15, -0.1) is 0 Å². The second kappa shape index (κ2) is 3.01. The number of carboxylic acid groups (broad SMARTS) is 1. The fourth-order valence-electron chi connectivity index (χ4n) is 1.75. The highest BCUT2D eigenvalue weighted by Crippen LogP contribution is 2.58. The van der Waals surface area contributed by atoms with Crippen molar-refractivity contribution in [3.63, 3.8) is 0 Å². The van der Waals surface area contributed by atoms with Crippen molar-refractivity contribution >= 4 is 11.9 Å². The molecule has 0 aliphatic heterocycles. The first-order valence-electron chi connectivity index (χ1n) is 4.23. The largest absolute Gasteiger partial charge is 0.481 e. The lowest BCUT2D eigenvalue weighted by Gasteiger charge is -2.01. The predicted octanol–water partition coefficient (Wildman–Crippen LogP) is 0.906. The number of carbonyl (C=O) groups excluding carboxylic acids is 1. The average molecular weight is 186 g/mol. The molecule has 4 heteroatoms. The summed E-state index contributed by atoms with van der Waals surface area (Å²) in [6.45, 7) is 5.30. The number of hydrogen-bond acceptors (Lipinski definition) is 3. The number of esters is 1. The smallest absolute Gasteiger partial charge is 0.307 e. The van der Waals surface area contributed by atoms with E-state index in [4.69, 9.17) is 9.84 Å². The van der Waals surface area contributed by atoms with Crippen molar-refractivity contribution in [2.24, 2.45) is 17.3 Å². The third kappa shape index (κ3) is 1.82. The van der Waals surface area contributed by atoms with Crippen LogP contribution >= 0.6 is 0 Å². The van der Waals surface area contributed by atoms with Crippen LogP contribution in [0.25, 0.3) is 0 Å². The van der Waals surface area contributed by atoms with Gasteiger partial charge in [-0.2, -0.15) is 0 Å². The van der Waals surface area contributed by atoms with E-state index in [-0.39, 0.29) is 29.8 Å². The van der Waals surface area contributed by atoms with E-state index in [1.807, 2.05) is 13.8 Å². The van der Waals surface area contributed by atoms with E-state index in [0.717, 1.165) is 0 Å². The van der Waals surface area contributed by atoms with E-state index in [1.165, 1.54) is 6.92 Å². The molecule has 0 aromatic heterocycles. The van der Waals surface area contributed by atoms with E-state index >= 15 is 0 Å². The number of rotatable bonds is 3. The topological polar surface area (TPSA) is 63.6 Å². The maximum atomic E-state index is 10.7. The minimum Gasteiger partial charge on any atom is -0.481 e. The molecule has 1 N–H and O–H groups in total. The first kappa shape index (κ1) is 10.0. The van der Waals surface area contributed by atoms with Gasteiger partial charge >= 0.3 is 11.9 Å². The predicted molar refractivity (Wildman–Crippen MR) is 45.0 cm³/mol. The van der Waals surface area contributed by atoms with Crippen molar-refractivity contribution < 1.29 is 19.4 Å². The average Bonchev–Trinajstić information content (AvgIpc) is 2.48. The zero-order chi connectivity index (χ0) is 10.2. The summed E-state index contributed by atoms with van der Waals surface area (Å²) < 4.78 is 4.78. The van der Waals surface area contributed by atoms with Crippen molar-refractivity contribution in [1.29, 1.82) is 0 Å². The Balaban J connectivity index is 2.46. The quantitative estimate of drug-likeness (QED) is 0.665. The summed E-state index contributed by atoms with van der Waals surface area (Å²) in [6, 6.07) is 0. The summed E-state index contributed by atoms with van der Waals surface area (Å²) in [5.74, 6) is -1.56. The van der Waals surface area contributed by atoms with Crippen molar-refractivity contribution in [3.8, 4) is 0 Å². The Kier molecular flexibility index (Phi) is 2.32. The molecule has 1 aliphatic rings. The van der Waals surface area contributed by atoms with Gasteiger partial charge in [-0.25, -0.2) is 0 Å². The Morgan fingerprint density at radius 1 is 1.46 bits per heavy atom. The number of carboxylic acids is 1. The Hall–Kier alpha value is -1.06. The lowest BCUT2D eigenvalue weighted by atomic mass is 10.1. The van der Waals surface area contributed by atoms with Crippen LogP contribution in [0.15, 0.2) is 0 Å². The van der Waals surface area contributed by atoms with E-state index in [9.17, 15) is 9.59 Å². The SMILES string of the molecule is CC(=O)OC[C@H]1[C@H](C(=O)O)C1(C)C. The van der Waals surface area contributed by atoms with Crippen molar-refractivity contribution in [2.45, 2.75) is 20.8 Å². The summed E-state index contributed by atoms with van der Waals surface area (Å²) >= 11 is 0. The van der Waals surface area contributed by atoms with Gasteiger partial charge < -0.3 is 9.84 Å². The Bertz CT molecular complexity index is 244. The molecule has 1 rings (SSSR count). The van der Waals surface area contributed by atoms with Gasteiger partial charge in [0.05, 0.1) is 12.5 Å². The molecule has 0 aromatic rings. The molecule has 0 amide bonds. The Morgan fingerprint density at radius 3 is 2.31 bits per heavy atom. The van der Waals surface area contributed by atoms with Gasteiger partial charge in [-0.3, -0.25) is 9.59 Å². The van der Waals surface area contributed by atoms with Crippen LogP contribution in [0.4, 0.5) is 0 Å². The normalized spacial score (nSPS) is 29.5. The Labute approximate surface area is 76.9 Å². The monoisotopic (exact) mass is 186 g/mol. The molecule has 0 unspecified atom stereocenters. The van der Waals surface area contributed by atoms with Crippen molar-refractivity contribution in [3.05, 3.63) is 0 Å². The molecule has 0 spiro atoms. The highest BCUT2D eigenvalue weighted by Gasteiger charge is 2.62. The molecular weight excluding hydrogens is 172 g/mol. The van der Waals surface area contributed by atoms with Gasteiger partial charge in [0.2, 0.25) is 0 Å². The summed E-state index contributed by atoms with van der Waals surface area (Å²) in [5.41, 5.74) is -0.235. The van der Waals surface area contributed by atoms with Gasteiger partial charge in [-0.1, -0.05) is 13.8 Å². The number of aliphatic carboxylic acids is 1. The summed E-state index contributed by atoms with van der Waals surface area (Å²) in [7, 11) is 0. The molecule has 0 aromatic carbocycles. The summed E-state index contributed by atoms with van der Waals surface area (Å²) in [5, 5.41) is 8.78. The van der Waals surface area contributed by atoms with Crippen LogP contribution in [0.1, 0.15) is 20.8 Å². The molecule has 4 nitrogen and oxygen atoms in total. The fraction of sp³-hybridized carbons (Fsp3) is 0.778. The maximum Gasteiger partial charge on any atom is 0.307 e. The van der Waals surface area contributed by atoms with E-state index in [0.29, 0.717) is 0 Å². The standard InChI is InChI=1S/C9H14O4/c1-5(10)13-4-6-7(8(11)12)9(6,2)3/h6-7H,4H2,1-3H3,(H,11,12)/t6-,7+/m0/s1. The van der Waals surface area contributed by atoms with Gasteiger partial charge in [0.1, 0.15) is 0 Å². The molecule has 1 aliphatic carbocycles. The van der Waals surface area contributed by atoms with Crippen molar-refractivity contribution in [1.82, 2.24) is 0 Å². The van der Waals surface area contributed by atoms with Gasteiger partial charge in [-0.05, 0) is 5.41 Å². The summed E-state index contributed by atoms with van der Waals surface area (Å²) in [6.07, 6.45) is 0. The minimum atomic E-state index is -0.804. The second-order valence-corrected chi connectivity index (χ2v) is 4.05.